The fourth-order valence-corrected chi connectivity index (χ4v) is 2.97. The molecular formula is C23H29N3O4. The maximum absolute atomic E-state index is 12.2. The van der Waals surface area contributed by atoms with Crippen molar-refractivity contribution in [2.45, 2.75) is 32.8 Å². The number of carbonyl (C=O) groups excluding carboxylic acids is 2. The van der Waals surface area contributed by atoms with Crippen LogP contribution in [-0.4, -0.2) is 37.7 Å². The average Bonchev–Trinajstić information content (AvgIpc) is 3.26. The Balaban J connectivity index is 1.44. The average molecular weight is 412 g/mol. The molecule has 1 aliphatic heterocycles. The Labute approximate surface area is 177 Å². The van der Waals surface area contributed by atoms with Crippen LogP contribution in [0.3, 0.4) is 0 Å². The van der Waals surface area contributed by atoms with Crippen LogP contribution in [0.4, 0.5) is 17.1 Å². The number of benzene rings is 2. The van der Waals surface area contributed by atoms with E-state index in [2.05, 4.69) is 16.0 Å². The molecule has 1 aliphatic rings. The molecule has 1 fully saturated rings. The fraction of sp³-hybridized carbons (Fsp3) is 0.391. The molecule has 1 saturated heterocycles. The number of anilines is 3. The summed E-state index contributed by atoms with van der Waals surface area (Å²) in [5.41, 5.74) is 2.17. The SMILES string of the molecule is CC(C)C(=O)Nc1ccc(NC(=O)CNc2cccc(OCC3CCCO3)c2)cc1. The number of rotatable bonds is 9. The van der Waals surface area contributed by atoms with Gasteiger partial charge in [0.2, 0.25) is 11.8 Å². The molecule has 0 saturated carbocycles. The molecule has 3 N–H and O–H groups in total. The maximum Gasteiger partial charge on any atom is 0.243 e. The van der Waals surface area contributed by atoms with Crippen molar-refractivity contribution in [2.75, 3.05) is 35.7 Å². The highest BCUT2D eigenvalue weighted by Gasteiger charge is 2.16. The number of ether oxygens (including phenoxy) is 2. The lowest BCUT2D eigenvalue weighted by molar-refractivity contribution is -0.119. The predicted molar refractivity (Wildman–Crippen MR) is 118 cm³/mol. The minimum Gasteiger partial charge on any atom is -0.491 e. The lowest BCUT2D eigenvalue weighted by atomic mass is 10.2. The van der Waals surface area contributed by atoms with E-state index < -0.39 is 0 Å². The van der Waals surface area contributed by atoms with Crippen LogP contribution in [0.2, 0.25) is 0 Å². The molecule has 3 rings (SSSR count). The first kappa shape index (κ1) is 21.6. The zero-order valence-electron chi connectivity index (χ0n) is 17.4. The van der Waals surface area contributed by atoms with Crippen LogP contribution in [0.15, 0.2) is 48.5 Å². The molecule has 7 heteroatoms. The number of nitrogens with one attached hydrogen (secondary N) is 3. The van der Waals surface area contributed by atoms with Crippen LogP contribution in [0, 0.1) is 5.92 Å². The molecule has 0 aliphatic carbocycles. The Morgan fingerprint density at radius 3 is 2.47 bits per heavy atom. The van der Waals surface area contributed by atoms with Gasteiger partial charge < -0.3 is 25.4 Å². The van der Waals surface area contributed by atoms with Crippen molar-refractivity contribution in [1.29, 1.82) is 0 Å². The molecule has 1 heterocycles. The van der Waals surface area contributed by atoms with Crippen LogP contribution in [-0.2, 0) is 14.3 Å². The predicted octanol–water partition coefficient (Wildman–Crippen LogP) is 3.89. The summed E-state index contributed by atoms with van der Waals surface area (Å²) in [7, 11) is 0. The molecule has 0 aromatic heterocycles. The van der Waals surface area contributed by atoms with Crippen molar-refractivity contribution in [2.24, 2.45) is 5.92 Å². The Morgan fingerprint density at radius 2 is 1.80 bits per heavy atom. The number of amides is 2. The molecule has 30 heavy (non-hydrogen) atoms. The molecule has 160 valence electrons. The Hall–Kier alpha value is -3.06. The van der Waals surface area contributed by atoms with Gasteiger partial charge in [-0.3, -0.25) is 9.59 Å². The zero-order chi connectivity index (χ0) is 21.3. The van der Waals surface area contributed by atoms with E-state index in [0.29, 0.717) is 18.0 Å². The van der Waals surface area contributed by atoms with Crippen molar-refractivity contribution < 1.29 is 19.1 Å². The molecule has 2 amide bonds. The van der Waals surface area contributed by atoms with E-state index in [0.717, 1.165) is 30.9 Å². The van der Waals surface area contributed by atoms with Crippen LogP contribution < -0.4 is 20.7 Å². The van der Waals surface area contributed by atoms with E-state index in [9.17, 15) is 9.59 Å². The molecule has 1 unspecified atom stereocenters. The van der Waals surface area contributed by atoms with Gasteiger partial charge in [-0.05, 0) is 49.2 Å². The quantitative estimate of drug-likeness (QED) is 0.583. The van der Waals surface area contributed by atoms with Gasteiger partial charge in [0, 0.05) is 35.7 Å². The van der Waals surface area contributed by atoms with E-state index >= 15 is 0 Å². The molecule has 0 spiro atoms. The molecular weight excluding hydrogens is 382 g/mol. The minimum absolute atomic E-state index is 0.0436. The topological polar surface area (TPSA) is 88.7 Å². The molecule has 0 radical (unpaired) electrons. The van der Waals surface area contributed by atoms with E-state index in [1.54, 1.807) is 24.3 Å². The van der Waals surface area contributed by atoms with Gasteiger partial charge in [-0.1, -0.05) is 19.9 Å². The van der Waals surface area contributed by atoms with Crippen molar-refractivity contribution >= 4 is 28.9 Å². The van der Waals surface area contributed by atoms with Crippen LogP contribution in [0.1, 0.15) is 26.7 Å². The lowest BCUT2D eigenvalue weighted by Gasteiger charge is -2.13. The Kier molecular flexibility index (Phi) is 7.68. The highest BCUT2D eigenvalue weighted by Crippen LogP contribution is 2.20. The first-order valence-corrected chi connectivity index (χ1v) is 10.3. The number of hydrogen-bond acceptors (Lipinski definition) is 5. The van der Waals surface area contributed by atoms with Gasteiger partial charge in [0.1, 0.15) is 12.4 Å². The van der Waals surface area contributed by atoms with Crippen LogP contribution in [0.25, 0.3) is 0 Å². The van der Waals surface area contributed by atoms with Crippen molar-refractivity contribution in [3.8, 4) is 5.75 Å². The van der Waals surface area contributed by atoms with Crippen molar-refractivity contribution in [1.82, 2.24) is 0 Å². The van der Waals surface area contributed by atoms with E-state index in [1.807, 2.05) is 38.1 Å². The third-order valence-electron chi connectivity index (χ3n) is 4.71. The largest absolute Gasteiger partial charge is 0.491 e. The number of carbonyl (C=O) groups is 2. The van der Waals surface area contributed by atoms with E-state index in [1.165, 1.54) is 0 Å². The summed E-state index contributed by atoms with van der Waals surface area (Å²) in [6.07, 6.45) is 2.28. The molecule has 2 aromatic carbocycles. The summed E-state index contributed by atoms with van der Waals surface area (Å²) in [5.74, 6) is 0.447. The van der Waals surface area contributed by atoms with Gasteiger partial charge in [0.05, 0.1) is 12.6 Å². The Morgan fingerprint density at radius 1 is 1.07 bits per heavy atom. The summed E-state index contributed by atoms with van der Waals surface area (Å²) in [6, 6.07) is 14.6. The van der Waals surface area contributed by atoms with Crippen molar-refractivity contribution in [3.63, 3.8) is 0 Å². The highest BCUT2D eigenvalue weighted by atomic mass is 16.5. The fourth-order valence-electron chi connectivity index (χ4n) is 2.97. The second kappa shape index (κ2) is 10.6. The smallest absolute Gasteiger partial charge is 0.243 e. The third-order valence-corrected chi connectivity index (χ3v) is 4.71. The second-order valence-corrected chi connectivity index (χ2v) is 7.60. The van der Waals surface area contributed by atoms with Crippen LogP contribution in [0.5, 0.6) is 5.75 Å². The Bertz CT molecular complexity index is 846. The van der Waals surface area contributed by atoms with Crippen molar-refractivity contribution in [3.05, 3.63) is 48.5 Å². The van der Waals surface area contributed by atoms with Gasteiger partial charge in [-0.15, -0.1) is 0 Å². The van der Waals surface area contributed by atoms with Gasteiger partial charge >= 0.3 is 0 Å². The van der Waals surface area contributed by atoms with Crippen LogP contribution >= 0.6 is 0 Å². The molecule has 1 atom stereocenters. The monoisotopic (exact) mass is 411 g/mol. The summed E-state index contributed by atoms with van der Waals surface area (Å²) in [5, 5.41) is 8.75. The van der Waals surface area contributed by atoms with E-state index in [4.69, 9.17) is 9.47 Å². The third kappa shape index (κ3) is 6.77. The summed E-state index contributed by atoms with van der Waals surface area (Å²) < 4.78 is 11.4. The van der Waals surface area contributed by atoms with Gasteiger partial charge in [-0.25, -0.2) is 0 Å². The minimum atomic E-state index is -0.167. The van der Waals surface area contributed by atoms with Gasteiger partial charge in [-0.2, -0.15) is 0 Å². The van der Waals surface area contributed by atoms with E-state index in [-0.39, 0.29) is 30.4 Å². The summed E-state index contributed by atoms with van der Waals surface area (Å²) >= 11 is 0. The summed E-state index contributed by atoms with van der Waals surface area (Å²) in [6.45, 7) is 5.14. The maximum atomic E-state index is 12.2. The second-order valence-electron chi connectivity index (χ2n) is 7.60. The van der Waals surface area contributed by atoms with Gasteiger partial charge in [0.25, 0.3) is 0 Å². The molecule has 7 nitrogen and oxygen atoms in total. The molecule has 0 bridgehead atoms. The van der Waals surface area contributed by atoms with Gasteiger partial charge in [0.15, 0.2) is 0 Å². The zero-order valence-corrected chi connectivity index (χ0v) is 17.4. The lowest BCUT2D eigenvalue weighted by Crippen LogP contribution is -2.22. The molecule has 2 aromatic rings. The first-order valence-electron chi connectivity index (χ1n) is 10.3. The standard InChI is InChI=1S/C23H29N3O4/c1-16(2)23(28)26-18-10-8-17(9-11-18)25-22(27)14-24-19-5-3-6-20(13-19)30-15-21-7-4-12-29-21/h3,5-6,8-11,13,16,21,24H,4,7,12,14-15H2,1-2H3,(H,25,27)(H,26,28). The summed E-state index contributed by atoms with van der Waals surface area (Å²) in [4.78, 5) is 24.0. The normalized spacial score (nSPS) is 15.6. The first-order chi connectivity index (χ1) is 14.5. The number of hydrogen-bond donors (Lipinski definition) is 3. The highest BCUT2D eigenvalue weighted by molar-refractivity contribution is 5.95.